The van der Waals surface area contributed by atoms with Gasteiger partial charge < -0.3 is 5.11 Å². The standard InChI is InChI=1S/C13H14ClFN2O/c1-7-12(14)8(2)17(16-7)13-10(9(3)18)5-4-6-11(13)15/h4-6,9,18H,1-3H3. The maximum absolute atomic E-state index is 14.0. The molecule has 0 fully saturated rings. The molecule has 0 bridgehead atoms. The quantitative estimate of drug-likeness (QED) is 0.907. The number of hydrogen-bond acceptors (Lipinski definition) is 2. The lowest BCUT2D eigenvalue weighted by Crippen LogP contribution is -2.08. The second-order valence-corrected chi connectivity index (χ2v) is 4.63. The first kappa shape index (κ1) is 13.1. The highest BCUT2D eigenvalue weighted by Gasteiger charge is 2.19. The van der Waals surface area contributed by atoms with Gasteiger partial charge in [-0.1, -0.05) is 23.7 Å². The number of para-hydroxylation sites is 1. The van der Waals surface area contributed by atoms with Crippen LogP contribution in [0.15, 0.2) is 18.2 Å². The minimum atomic E-state index is -0.779. The molecule has 0 aliphatic carbocycles. The molecule has 0 radical (unpaired) electrons. The van der Waals surface area contributed by atoms with Crippen LogP contribution < -0.4 is 0 Å². The van der Waals surface area contributed by atoms with Crippen molar-refractivity contribution in [3.63, 3.8) is 0 Å². The van der Waals surface area contributed by atoms with E-state index in [0.717, 1.165) is 0 Å². The van der Waals surface area contributed by atoms with Gasteiger partial charge in [0.15, 0.2) is 0 Å². The summed E-state index contributed by atoms with van der Waals surface area (Å²) < 4.78 is 15.4. The normalized spacial score (nSPS) is 12.8. The predicted octanol–water partition coefficient (Wildman–Crippen LogP) is 3.33. The van der Waals surface area contributed by atoms with E-state index >= 15 is 0 Å². The summed E-state index contributed by atoms with van der Waals surface area (Å²) in [4.78, 5) is 0. The van der Waals surface area contributed by atoms with Crippen LogP contribution in [0.25, 0.3) is 5.69 Å². The third-order valence-corrected chi connectivity index (χ3v) is 3.43. The highest BCUT2D eigenvalue weighted by Crippen LogP contribution is 2.28. The van der Waals surface area contributed by atoms with E-state index in [-0.39, 0.29) is 5.69 Å². The Hall–Kier alpha value is -1.39. The number of hydrogen-bond donors (Lipinski definition) is 1. The van der Waals surface area contributed by atoms with Crippen LogP contribution in [0.3, 0.4) is 0 Å². The van der Waals surface area contributed by atoms with Crippen molar-refractivity contribution in [3.05, 3.63) is 46.0 Å². The van der Waals surface area contributed by atoms with E-state index in [1.165, 1.54) is 10.7 Å². The smallest absolute Gasteiger partial charge is 0.149 e. The molecule has 0 amide bonds. The third-order valence-electron chi connectivity index (χ3n) is 2.88. The fourth-order valence-electron chi connectivity index (χ4n) is 1.93. The van der Waals surface area contributed by atoms with Crippen molar-refractivity contribution in [3.8, 4) is 5.69 Å². The summed E-state index contributed by atoms with van der Waals surface area (Å²) in [6.07, 6.45) is -0.779. The molecule has 1 heterocycles. The molecule has 0 saturated heterocycles. The van der Waals surface area contributed by atoms with Gasteiger partial charge in [0, 0.05) is 5.56 Å². The molecule has 5 heteroatoms. The van der Waals surface area contributed by atoms with Gasteiger partial charge in [0.05, 0.1) is 22.5 Å². The van der Waals surface area contributed by atoms with Gasteiger partial charge in [-0.2, -0.15) is 5.10 Å². The highest BCUT2D eigenvalue weighted by atomic mass is 35.5. The number of aryl methyl sites for hydroxylation is 1. The van der Waals surface area contributed by atoms with Gasteiger partial charge in [-0.3, -0.25) is 0 Å². The number of aliphatic hydroxyl groups is 1. The minimum absolute atomic E-state index is 0.250. The Morgan fingerprint density at radius 2 is 2.06 bits per heavy atom. The monoisotopic (exact) mass is 268 g/mol. The van der Waals surface area contributed by atoms with Gasteiger partial charge >= 0.3 is 0 Å². The number of nitrogens with zero attached hydrogens (tertiary/aromatic N) is 2. The van der Waals surface area contributed by atoms with E-state index in [4.69, 9.17) is 11.6 Å². The van der Waals surface area contributed by atoms with Gasteiger partial charge in [-0.15, -0.1) is 0 Å². The van der Waals surface area contributed by atoms with Crippen LogP contribution in [0.5, 0.6) is 0 Å². The molecule has 1 aromatic carbocycles. The molecule has 1 N–H and O–H groups in total. The van der Waals surface area contributed by atoms with Gasteiger partial charge in [-0.25, -0.2) is 9.07 Å². The van der Waals surface area contributed by atoms with Crippen LogP contribution in [0.4, 0.5) is 4.39 Å². The van der Waals surface area contributed by atoms with Crippen LogP contribution in [0, 0.1) is 19.7 Å². The molecule has 1 aromatic heterocycles. The molecule has 2 rings (SSSR count). The van der Waals surface area contributed by atoms with Crippen molar-refractivity contribution in [2.45, 2.75) is 26.9 Å². The van der Waals surface area contributed by atoms with Crippen LogP contribution in [-0.4, -0.2) is 14.9 Å². The fourth-order valence-corrected chi connectivity index (χ4v) is 2.05. The maximum atomic E-state index is 14.0. The lowest BCUT2D eigenvalue weighted by Gasteiger charge is -2.14. The summed E-state index contributed by atoms with van der Waals surface area (Å²) in [6, 6.07) is 4.58. The molecule has 96 valence electrons. The van der Waals surface area contributed by atoms with Crippen LogP contribution in [0.1, 0.15) is 30.0 Å². The summed E-state index contributed by atoms with van der Waals surface area (Å²) in [7, 11) is 0. The molecule has 1 unspecified atom stereocenters. The van der Waals surface area contributed by atoms with E-state index < -0.39 is 11.9 Å². The summed E-state index contributed by atoms with van der Waals surface area (Å²) in [5.74, 6) is -0.435. The summed E-state index contributed by atoms with van der Waals surface area (Å²) in [5.41, 5.74) is 2.02. The van der Waals surface area contributed by atoms with Crippen LogP contribution in [-0.2, 0) is 0 Å². The Bertz CT molecular complexity index is 593. The van der Waals surface area contributed by atoms with Gasteiger partial charge in [-0.05, 0) is 26.8 Å². The average molecular weight is 269 g/mol. The first-order valence-electron chi connectivity index (χ1n) is 5.62. The molecule has 2 aromatic rings. The van der Waals surface area contributed by atoms with Crippen LogP contribution >= 0.6 is 11.6 Å². The number of aliphatic hydroxyl groups excluding tert-OH is 1. The molecule has 0 aliphatic rings. The summed E-state index contributed by atoms with van der Waals surface area (Å²) in [6.45, 7) is 5.11. The third kappa shape index (κ3) is 2.02. The molecular weight excluding hydrogens is 255 g/mol. The molecule has 1 atom stereocenters. The van der Waals surface area contributed by atoms with Gasteiger partial charge in [0.2, 0.25) is 0 Å². The molecule has 0 aliphatic heterocycles. The lowest BCUT2D eigenvalue weighted by molar-refractivity contribution is 0.198. The van der Waals surface area contributed by atoms with E-state index in [0.29, 0.717) is 22.0 Å². The number of aromatic nitrogens is 2. The van der Waals surface area contributed by atoms with E-state index in [9.17, 15) is 9.50 Å². The van der Waals surface area contributed by atoms with Crippen molar-refractivity contribution in [2.24, 2.45) is 0 Å². The van der Waals surface area contributed by atoms with Crippen molar-refractivity contribution in [2.75, 3.05) is 0 Å². The number of benzene rings is 1. The fraction of sp³-hybridized carbons (Fsp3) is 0.308. The Kier molecular flexibility index (Phi) is 3.41. The van der Waals surface area contributed by atoms with Crippen molar-refractivity contribution < 1.29 is 9.50 Å². The molecule has 3 nitrogen and oxygen atoms in total. The average Bonchev–Trinajstić information content (AvgIpc) is 2.56. The lowest BCUT2D eigenvalue weighted by atomic mass is 10.1. The van der Waals surface area contributed by atoms with Gasteiger partial charge in [0.1, 0.15) is 11.5 Å². The maximum Gasteiger partial charge on any atom is 0.149 e. The van der Waals surface area contributed by atoms with Crippen molar-refractivity contribution >= 4 is 11.6 Å². The Balaban J connectivity index is 2.74. The molecule has 0 saturated carbocycles. The second-order valence-electron chi connectivity index (χ2n) is 4.25. The van der Waals surface area contributed by atoms with Crippen molar-refractivity contribution in [1.29, 1.82) is 0 Å². The molecule has 0 spiro atoms. The van der Waals surface area contributed by atoms with E-state index in [1.54, 1.807) is 32.9 Å². The number of rotatable bonds is 2. The topological polar surface area (TPSA) is 38.0 Å². The predicted molar refractivity (Wildman–Crippen MR) is 68.6 cm³/mol. The zero-order valence-corrected chi connectivity index (χ0v) is 11.2. The zero-order chi connectivity index (χ0) is 13.4. The second kappa shape index (κ2) is 4.71. The highest BCUT2D eigenvalue weighted by molar-refractivity contribution is 6.31. The summed E-state index contributed by atoms with van der Waals surface area (Å²) >= 11 is 6.06. The zero-order valence-electron chi connectivity index (χ0n) is 10.4. The Labute approximate surface area is 110 Å². The first-order valence-corrected chi connectivity index (χ1v) is 5.99. The minimum Gasteiger partial charge on any atom is -0.389 e. The van der Waals surface area contributed by atoms with Crippen LogP contribution in [0.2, 0.25) is 5.02 Å². The Morgan fingerprint density at radius 1 is 1.39 bits per heavy atom. The Morgan fingerprint density at radius 3 is 2.56 bits per heavy atom. The largest absolute Gasteiger partial charge is 0.389 e. The van der Waals surface area contributed by atoms with Crippen molar-refractivity contribution in [1.82, 2.24) is 9.78 Å². The molecular formula is C13H14ClFN2O. The first-order chi connectivity index (χ1) is 8.43. The van der Waals surface area contributed by atoms with Gasteiger partial charge in [0.25, 0.3) is 0 Å². The SMILES string of the molecule is Cc1nn(-c2c(F)cccc2C(C)O)c(C)c1Cl. The summed E-state index contributed by atoms with van der Waals surface area (Å²) in [5, 5.41) is 14.4. The van der Waals surface area contributed by atoms with E-state index in [2.05, 4.69) is 5.10 Å². The number of halogens is 2. The van der Waals surface area contributed by atoms with E-state index in [1.807, 2.05) is 0 Å². The molecule has 18 heavy (non-hydrogen) atoms.